The van der Waals surface area contributed by atoms with Crippen LogP contribution in [-0.2, 0) is 10.0 Å². The summed E-state index contributed by atoms with van der Waals surface area (Å²) in [5, 5.41) is 0.695. The molecular weight excluding hydrogens is 427 g/mol. The van der Waals surface area contributed by atoms with Gasteiger partial charge in [0, 0.05) is 30.9 Å². The number of rotatable bonds is 5. The molecular formula is C21H21FN2O4S2. The SMILES string of the molecule is CCOc1ccc(S(=O)(=O)N2CCN(C(=O)c3cc4cc(F)ccc4s3)CC2)cc1. The monoisotopic (exact) mass is 448 g/mol. The lowest BCUT2D eigenvalue weighted by molar-refractivity contribution is 0.0703. The summed E-state index contributed by atoms with van der Waals surface area (Å²) in [6.45, 7) is 3.43. The molecule has 158 valence electrons. The van der Waals surface area contributed by atoms with Crippen LogP contribution in [0.4, 0.5) is 4.39 Å². The van der Waals surface area contributed by atoms with Crippen molar-refractivity contribution >= 4 is 37.4 Å². The second-order valence-corrected chi connectivity index (χ2v) is 9.92. The Morgan fingerprint density at radius 3 is 2.43 bits per heavy atom. The lowest BCUT2D eigenvalue weighted by Gasteiger charge is -2.33. The van der Waals surface area contributed by atoms with Crippen molar-refractivity contribution in [2.75, 3.05) is 32.8 Å². The van der Waals surface area contributed by atoms with Gasteiger partial charge in [-0.25, -0.2) is 12.8 Å². The third-order valence-corrected chi connectivity index (χ3v) is 8.00. The van der Waals surface area contributed by atoms with Crippen molar-refractivity contribution in [1.82, 2.24) is 9.21 Å². The first-order valence-electron chi connectivity index (χ1n) is 9.60. The van der Waals surface area contributed by atoms with Crippen molar-refractivity contribution in [3.05, 3.63) is 59.2 Å². The number of nitrogens with zero attached hydrogens (tertiary/aromatic N) is 2. The molecule has 0 atom stereocenters. The fourth-order valence-corrected chi connectivity index (χ4v) is 5.86. The number of benzene rings is 2. The predicted molar refractivity (Wildman–Crippen MR) is 114 cm³/mol. The number of hydrogen-bond acceptors (Lipinski definition) is 5. The van der Waals surface area contributed by atoms with Crippen LogP contribution in [0.5, 0.6) is 5.75 Å². The Hall–Kier alpha value is -2.49. The standard InChI is InChI=1S/C21H21FN2O4S2/c1-2-28-17-4-6-18(7-5-17)30(26,27)24-11-9-23(10-12-24)21(25)20-14-15-13-16(22)3-8-19(15)29-20/h3-8,13-14H,2,9-12H2,1H3. The zero-order valence-corrected chi connectivity index (χ0v) is 18.0. The van der Waals surface area contributed by atoms with Crippen LogP contribution >= 0.6 is 11.3 Å². The topological polar surface area (TPSA) is 66.9 Å². The first kappa shape index (κ1) is 20.8. The average molecular weight is 449 g/mol. The summed E-state index contributed by atoms with van der Waals surface area (Å²) in [7, 11) is -3.63. The minimum Gasteiger partial charge on any atom is -0.494 e. The van der Waals surface area contributed by atoms with Gasteiger partial charge >= 0.3 is 0 Å². The average Bonchev–Trinajstić information content (AvgIpc) is 3.17. The highest BCUT2D eigenvalue weighted by Crippen LogP contribution is 2.28. The first-order valence-corrected chi connectivity index (χ1v) is 11.9. The van der Waals surface area contributed by atoms with E-state index in [1.807, 2.05) is 6.92 Å². The lowest BCUT2D eigenvalue weighted by Crippen LogP contribution is -2.50. The maximum Gasteiger partial charge on any atom is 0.264 e. The van der Waals surface area contributed by atoms with Gasteiger partial charge in [0.15, 0.2) is 0 Å². The fourth-order valence-electron chi connectivity index (χ4n) is 3.43. The van der Waals surface area contributed by atoms with Crippen LogP contribution < -0.4 is 4.74 Å². The molecule has 0 N–H and O–H groups in total. The van der Waals surface area contributed by atoms with Gasteiger partial charge in [0.25, 0.3) is 5.91 Å². The van der Waals surface area contributed by atoms with E-state index in [9.17, 15) is 17.6 Å². The van der Waals surface area contributed by atoms with E-state index in [0.717, 1.165) is 4.70 Å². The molecule has 0 bridgehead atoms. The second-order valence-electron chi connectivity index (χ2n) is 6.89. The Bertz CT molecular complexity index is 1170. The number of hydrogen-bond donors (Lipinski definition) is 0. The number of ether oxygens (including phenoxy) is 1. The number of sulfonamides is 1. The van der Waals surface area contributed by atoms with Crippen molar-refractivity contribution in [2.24, 2.45) is 0 Å². The Labute approximate surface area is 178 Å². The van der Waals surface area contributed by atoms with Crippen LogP contribution in [0.25, 0.3) is 10.1 Å². The molecule has 1 fully saturated rings. The summed E-state index contributed by atoms with van der Waals surface area (Å²) in [5.41, 5.74) is 0. The maximum absolute atomic E-state index is 13.4. The van der Waals surface area contributed by atoms with Crippen LogP contribution in [0.3, 0.4) is 0 Å². The van der Waals surface area contributed by atoms with Gasteiger partial charge in [-0.15, -0.1) is 11.3 Å². The number of fused-ring (bicyclic) bond motifs is 1. The Morgan fingerprint density at radius 1 is 1.07 bits per heavy atom. The van der Waals surface area contributed by atoms with E-state index >= 15 is 0 Å². The summed E-state index contributed by atoms with van der Waals surface area (Å²) in [5.74, 6) is 0.122. The zero-order chi connectivity index (χ0) is 21.3. The Morgan fingerprint density at radius 2 is 1.77 bits per heavy atom. The van der Waals surface area contributed by atoms with E-state index in [1.54, 1.807) is 29.2 Å². The molecule has 1 saturated heterocycles. The van der Waals surface area contributed by atoms with E-state index in [0.29, 0.717) is 35.7 Å². The Balaban J connectivity index is 1.43. The van der Waals surface area contributed by atoms with Crippen LogP contribution in [0, 0.1) is 5.82 Å². The minimum absolute atomic E-state index is 0.158. The van der Waals surface area contributed by atoms with E-state index in [4.69, 9.17) is 4.74 Å². The summed E-state index contributed by atoms with van der Waals surface area (Å²) >= 11 is 1.31. The molecule has 6 nitrogen and oxygen atoms in total. The molecule has 1 aliphatic heterocycles. The molecule has 1 aromatic heterocycles. The molecule has 30 heavy (non-hydrogen) atoms. The van der Waals surface area contributed by atoms with Gasteiger partial charge in [0.1, 0.15) is 11.6 Å². The van der Waals surface area contributed by atoms with Crippen molar-refractivity contribution < 1.29 is 22.3 Å². The van der Waals surface area contributed by atoms with Crippen LogP contribution in [-0.4, -0.2) is 56.3 Å². The predicted octanol–water partition coefficient (Wildman–Crippen LogP) is 3.59. The van der Waals surface area contributed by atoms with Gasteiger partial charge in [0.2, 0.25) is 10.0 Å². The van der Waals surface area contributed by atoms with Gasteiger partial charge in [-0.2, -0.15) is 4.31 Å². The molecule has 4 rings (SSSR count). The largest absolute Gasteiger partial charge is 0.494 e. The van der Waals surface area contributed by atoms with Gasteiger partial charge in [-0.3, -0.25) is 4.79 Å². The Kier molecular flexibility index (Phi) is 5.77. The van der Waals surface area contributed by atoms with Crippen molar-refractivity contribution in [1.29, 1.82) is 0 Å². The molecule has 0 aliphatic carbocycles. The highest BCUT2D eigenvalue weighted by molar-refractivity contribution is 7.89. The van der Waals surface area contributed by atoms with E-state index in [2.05, 4.69) is 0 Å². The van der Waals surface area contributed by atoms with Crippen molar-refractivity contribution in [2.45, 2.75) is 11.8 Å². The summed E-state index contributed by atoms with van der Waals surface area (Å²) < 4.78 is 46.8. The van der Waals surface area contributed by atoms with Gasteiger partial charge < -0.3 is 9.64 Å². The molecule has 2 heterocycles. The van der Waals surface area contributed by atoms with E-state index in [-0.39, 0.29) is 29.7 Å². The van der Waals surface area contributed by atoms with Crippen molar-refractivity contribution in [3.8, 4) is 5.75 Å². The number of thiophene rings is 1. The molecule has 1 aliphatic rings. The number of carbonyl (C=O) groups excluding carboxylic acids is 1. The van der Waals surface area contributed by atoms with Crippen LogP contribution in [0.1, 0.15) is 16.6 Å². The van der Waals surface area contributed by atoms with Gasteiger partial charge in [-0.05, 0) is 60.8 Å². The highest BCUT2D eigenvalue weighted by atomic mass is 32.2. The minimum atomic E-state index is -3.63. The molecule has 0 radical (unpaired) electrons. The van der Waals surface area contributed by atoms with Gasteiger partial charge in [0.05, 0.1) is 16.4 Å². The van der Waals surface area contributed by atoms with Gasteiger partial charge in [-0.1, -0.05) is 0 Å². The number of carbonyl (C=O) groups is 1. The highest BCUT2D eigenvalue weighted by Gasteiger charge is 2.31. The normalized spacial score (nSPS) is 15.5. The van der Waals surface area contributed by atoms with Crippen LogP contribution in [0.2, 0.25) is 0 Å². The smallest absolute Gasteiger partial charge is 0.264 e. The molecule has 2 aromatic carbocycles. The molecule has 0 spiro atoms. The zero-order valence-electron chi connectivity index (χ0n) is 16.4. The second kappa shape index (κ2) is 8.33. The van der Waals surface area contributed by atoms with E-state index in [1.165, 1.54) is 39.9 Å². The molecule has 3 aromatic rings. The quantitative estimate of drug-likeness (QED) is 0.598. The molecule has 1 amide bonds. The maximum atomic E-state index is 13.4. The summed E-state index contributed by atoms with van der Waals surface area (Å²) in [6, 6.07) is 12.5. The fraction of sp³-hybridized carbons (Fsp3) is 0.286. The summed E-state index contributed by atoms with van der Waals surface area (Å²) in [4.78, 5) is 15.2. The third-order valence-electron chi connectivity index (χ3n) is 4.99. The number of amides is 1. The van der Waals surface area contributed by atoms with Crippen LogP contribution in [0.15, 0.2) is 53.4 Å². The summed E-state index contributed by atoms with van der Waals surface area (Å²) in [6.07, 6.45) is 0. The molecule has 0 saturated carbocycles. The number of piperazine rings is 1. The molecule has 0 unspecified atom stereocenters. The lowest BCUT2D eigenvalue weighted by atomic mass is 10.2. The third kappa shape index (κ3) is 4.05. The first-order chi connectivity index (χ1) is 14.4. The van der Waals surface area contributed by atoms with Crippen molar-refractivity contribution in [3.63, 3.8) is 0 Å². The van der Waals surface area contributed by atoms with E-state index < -0.39 is 10.0 Å². The molecule has 9 heteroatoms. The number of halogens is 1.